The highest BCUT2D eigenvalue weighted by molar-refractivity contribution is 5.94. The third-order valence-corrected chi connectivity index (χ3v) is 5.50. The molecule has 1 heterocycles. The number of likely N-dealkylation sites (N-methyl/N-ethyl adjacent to an activating group) is 1. The van der Waals surface area contributed by atoms with Crippen molar-refractivity contribution in [2.45, 2.75) is 39.0 Å². The quantitative estimate of drug-likeness (QED) is 0.495. The first kappa shape index (κ1) is 21.6. The van der Waals surface area contributed by atoms with Crippen molar-refractivity contribution in [3.63, 3.8) is 0 Å². The minimum atomic E-state index is -0.567. The van der Waals surface area contributed by atoms with Crippen molar-refractivity contribution < 1.29 is 19.1 Å². The summed E-state index contributed by atoms with van der Waals surface area (Å²) < 4.78 is 10.7. The van der Waals surface area contributed by atoms with E-state index in [0.717, 1.165) is 16.9 Å². The summed E-state index contributed by atoms with van der Waals surface area (Å²) in [6.07, 6.45) is 1.57. The fourth-order valence-corrected chi connectivity index (χ4v) is 3.87. The van der Waals surface area contributed by atoms with E-state index in [4.69, 9.17) is 9.47 Å². The first-order valence-electron chi connectivity index (χ1n) is 10.2. The third-order valence-electron chi connectivity index (χ3n) is 5.50. The summed E-state index contributed by atoms with van der Waals surface area (Å²) in [4.78, 5) is 26.6. The Labute approximate surface area is 178 Å². The van der Waals surface area contributed by atoms with Gasteiger partial charge in [-0.1, -0.05) is 64.1 Å². The molecule has 1 aliphatic heterocycles. The lowest BCUT2D eigenvalue weighted by Gasteiger charge is -2.23. The van der Waals surface area contributed by atoms with Crippen LogP contribution in [0.1, 0.15) is 44.7 Å². The number of hydrogen-bond donors (Lipinski definition) is 0. The Morgan fingerprint density at radius 1 is 1.03 bits per heavy atom. The number of benzene rings is 2. The second-order valence-electron chi connectivity index (χ2n) is 8.34. The zero-order valence-electron chi connectivity index (χ0n) is 18.3. The molecule has 0 bridgehead atoms. The zero-order chi connectivity index (χ0) is 21.9. The number of esters is 1. The largest absolute Gasteiger partial charge is 0.482 e. The van der Waals surface area contributed by atoms with Crippen LogP contribution in [0.25, 0.3) is 0 Å². The maximum Gasteiger partial charge on any atom is 0.344 e. The van der Waals surface area contributed by atoms with E-state index in [1.54, 1.807) is 6.08 Å². The molecule has 0 fully saturated rings. The number of carbonyl (C=O) groups is 2. The Kier molecular flexibility index (Phi) is 6.30. The van der Waals surface area contributed by atoms with Crippen LogP contribution >= 0.6 is 0 Å². The van der Waals surface area contributed by atoms with E-state index in [0.29, 0.717) is 5.75 Å². The van der Waals surface area contributed by atoms with Crippen molar-refractivity contribution in [2.24, 2.45) is 0 Å². The van der Waals surface area contributed by atoms with E-state index < -0.39 is 5.97 Å². The Hall–Kier alpha value is -3.08. The van der Waals surface area contributed by atoms with Crippen LogP contribution in [-0.2, 0) is 19.7 Å². The average Bonchev–Trinajstić information content (AvgIpc) is 2.92. The van der Waals surface area contributed by atoms with Gasteiger partial charge in [0, 0.05) is 29.9 Å². The van der Waals surface area contributed by atoms with Crippen LogP contribution in [0.3, 0.4) is 0 Å². The van der Waals surface area contributed by atoms with E-state index in [2.05, 4.69) is 33.8 Å². The van der Waals surface area contributed by atoms with Crippen LogP contribution in [0.2, 0.25) is 0 Å². The summed E-state index contributed by atoms with van der Waals surface area (Å²) in [5.41, 5.74) is 3.86. The molecule has 2 aromatic carbocycles. The van der Waals surface area contributed by atoms with E-state index >= 15 is 0 Å². The number of ether oxygens (including phenoxy) is 2. The fraction of sp³-hybridized carbons (Fsp3) is 0.360. The Bertz CT molecular complexity index is 975. The lowest BCUT2D eigenvalue weighted by molar-refractivity contribution is -0.149. The lowest BCUT2D eigenvalue weighted by Crippen LogP contribution is -2.25. The number of allylic oxidation sites excluding steroid dienone is 1. The number of hydrogen-bond acceptors (Lipinski definition) is 5. The van der Waals surface area contributed by atoms with Crippen molar-refractivity contribution >= 4 is 17.4 Å². The van der Waals surface area contributed by atoms with Crippen LogP contribution in [0.15, 0.2) is 60.3 Å². The van der Waals surface area contributed by atoms with E-state index in [9.17, 15) is 9.59 Å². The smallest absolute Gasteiger partial charge is 0.344 e. The number of nitrogens with zero attached hydrogens (tertiary/aromatic N) is 1. The monoisotopic (exact) mass is 407 g/mol. The Morgan fingerprint density at radius 2 is 1.70 bits per heavy atom. The van der Waals surface area contributed by atoms with Gasteiger partial charge in [-0.3, -0.25) is 4.79 Å². The first-order valence-corrected chi connectivity index (χ1v) is 10.2. The van der Waals surface area contributed by atoms with Gasteiger partial charge in [0.1, 0.15) is 5.75 Å². The maximum atomic E-state index is 12.5. The summed E-state index contributed by atoms with van der Waals surface area (Å²) in [5, 5.41) is 0. The molecule has 0 atom stereocenters. The number of carbonyl (C=O) groups excluding carboxylic acids is 2. The normalized spacial score (nSPS) is 15.9. The molecule has 30 heavy (non-hydrogen) atoms. The standard InChI is InChI=1S/C25H29NO4/c1-17(2)19-10-6-9-13-22(19)29-16-24(28)30-15-18(27)14-23-25(3,4)20-11-7-8-12-21(20)26(23)5/h6-14,17H,15-16H2,1-5H3/b23-14+. The number of rotatable bonds is 7. The third kappa shape index (κ3) is 4.40. The van der Waals surface area contributed by atoms with Crippen molar-refractivity contribution in [3.05, 3.63) is 71.4 Å². The van der Waals surface area contributed by atoms with E-state index in [1.807, 2.05) is 54.4 Å². The molecule has 0 aromatic heterocycles. The Balaban J connectivity index is 1.58. The molecule has 0 N–H and O–H groups in total. The summed E-state index contributed by atoms with van der Waals surface area (Å²) in [6, 6.07) is 15.7. The second-order valence-corrected chi connectivity index (χ2v) is 8.34. The second kappa shape index (κ2) is 8.74. The minimum Gasteiger partial charge on any atom is -0.482 e. The van der Waals surface area contributed by atoms with Crippen molar-refractivity contribution in [1.82, 2.24) is 0 Å². The maximum absolute atomic E-state index is 12.5. The van der Waals surface area contributed by atoms with Gasteiger partial charge < -0.3 is 14.4 Å². The summed E-state index contributed by atoms with van der Waals surface area (Å²) in [7, 11) is 1.94. The predicted molar refractivity (Wildman–Crippen MR) is 118 cm³/mol. The van der Waals surface area contributed by atoms with E-state index in [1.165, 1.54) is 5.56 Å². The van der Waals surface area contributed by atoms with Crippen molar-refractivity contribution in [1.29, 1.82) is 0 Å². The molecule has 3 rings (SSSR count). The van der Waals surface area contributed by atoms with Gasteiger partial charge in [-0.25, -0.2) is 4.79 Å². The molecule has 0 aliphatic carbocycles. The number of ketones is 1. The van der Waals surface area contributed by atoms with Crippen molar-refractivity contribution in [3.8, 4) is 5.75 Å². The average molecular weight is 408 g/mol. The van der Waals surface area contributed by atoms with E-state index in [-0.39, 0.29) is 30.3 Å². The van der Waals surface area contributed by atoms with Crippen LogP contribution in [-0.4, -0.2) is 32.0 Å². The molecule has 5 nitrogen and oxygen atoms in total. The van der Waals surface area contributed by atoms with Gasteiger partial charge in [0.2, 0.25) is 0 Å². The number of fused-ring (bicyclic) bond motifs is 1. The molecule has 0 saturated carbocycles. The highest BCUT2D eigenvalue weighted by Crippen LogP contribution is 2.46. The van der Waals surface area contributed by atoms with Gasteiger partial charge >= 0.3 is 5.97 Å². The van der Waals surface area contributed by atoms with Gasteiger partial charge in [0.05, 0.1) is 0 Å². The molecular formula is C25H29NO4. The van der Waals surface area contributed by atoms with Crippen molar-refractivity contribution in [2.75, 3.05) is 25.2 Å². The van der Waals surface area contributed by atoms with Crippen LogP contribution < -0.4 is 9.64 Å². The lowest BCUT2D eigenvalue weighted by atomic mass is 9.83. The molecule has 2 aromatic rings. The highest BCUT2D eigenvalue weighted by Gasteiger charge is 2.38. The summed E-state index contributed by atoms with van der Waals surface area (Å²) in [5.74, 6) is 0.114. The number of anilines is 1. The van der Waals surface area contributed by atoms with Crippen LogP contribution in [0, 0.1) is 0 Å². The van der Waals surface area contributed by atoms with Gasteiger partial charge in [0.25, 0.3) is 0 Å². The molecule has 158 valence electrons. The molecule has 1 aliphatic rings. The predicted octanol–water partition coefficient (Wildman–Crippen LogP) is 4.61. The summed E-state index contributed by atoms with van der Waals surface area (Å²) in [6.45, 7) is 7.75. The Morgan fingerprint density at radius 3 is 2.40 bits per heavy atom. The molecule has 0 radical (unpaired) electrons. The molecule has 0 amide bonds. The van der Waals surface area contributed by atoms with Gasteiger partial charge in [-0.15, -0.1) is 0 Å². The first-order chi connectivity index (χ1) is 14.2. The minimum absolute atomic E-state index is 0.232. The molecule has 0 spiro atoms. The number of para-hydroxylation sites is 2. The van der Waals surface area contributed by atoms with Gasteiger partial charge in [-0.05, 0) is 29.2 Å². The molecule has 5 heteroatoms. The fourth-order valence-electron chi connectivity index (χ4n) is 3.87. The summed E-state index contributed by atoms with van der Waals surface area (Å²) >= 11 is 0. The molecular weight excluding hydrogens is 378 g/mol. The zero-order valence-corrected chi connectivity index (χ0v) is 18.3. The highest BCUT2D eigenvalue weighted by atomic mass is 16.6. The van der Waals surface area contributed by atoms with Gasteiger partial charge in [-0.2, -0.15) is 0 Å². The molecule has 0 unspecified atom stereocenters. The topological polar surface area (TPSA) is 55.8 Å². The van der Waals surface area contributed by atoms with Crippen LogP contribution in [0.4, 0.5) is 5.69 Å². The van der Waals surface area contributed by atoms with Gasteiger partial charge in [0.15, 0.2) is 19.0 Å². The van der Waals surface area contributed by atoms with Crippen LogP contribution in [0.5, 0.6) is 5.75 Å². The molecule has 0 saturated heterocycles. The SMILES string of the molecule is CC(C)c1ccccc1OCC(=O)OCC(=O)/C=C1/N(C)c2ccccc2C1(C)C.